The summed E-state index contributed by atoms with van der Waals surface area (Å²) in [5, 5.41) is 1.69. The lowest BCUT2D eigenvalue weighted by Gasteiger charge is -2.03. The van der Waals surface area contributed by atoms with Gasteiger partial charge in [-0.3, -0.25) is 14.8 Å². The van der Waals surface area contributed by atoms with Crippen molar-refractivity contribution in [2.75, 3.05) is 13.1 Å². The molecule has 2 rings (SSSR count). The van der Waals surface area contributed by atoms with Gasteiger partial charge in [0.2, 0.25) is 0 Å². The highest BCUT2D eigenvalue weighted by molar-refractivity contribution is 5.82. The Bertz CT molecular complexity index is 503. The molecule has 0 amide bonds. The Balaban J connectivity index is 2.59. The van der Waals surface area contributed by atoms with Crippen molar-refractivity contribution < 1.29 is 4.79 Å². The van der Waals surface area contributed by atoms with E-state index in [9.17, 15) is 4.79 Å². The zero-order valence-electron chi connectivity index (χ0n) is 9.03. The van der Waals surface area contributed by atoms with E-state index in [0.717, 1.165) is 10.7 Å². The second-order valence-electron chi connectivity index (χ2n) is 4.07. The van der Waals surface area contributed by atoms with Gasteiger partial charge in [-0.25, -0.2) is 0 Å². The van der Waals surface area contributed by atoms with E-state index >= 15 is 0 Å². The summed E-state index contributed by atoms with van der Waals surface area (Å²) in [6.07, 6.45) is 0. The number of hydrogen-bond acceptors (Lipinski definition) is 3. The highest BCUT2D eigenvalue weighted by Crippen LogP contribution is 2.09. The fourth-order valence-corrected chi connectivity index (χ4v) is 1.56. The van der Waals surface area contributed by atoms with Crippen LogP contribution in [0.25, 0.3) is 0 Å². The Morgan fingerprint density at radius 3 is 2.47 bits per heavy atom. The van der Waals surface area contributed by atoms with E-state index in [1.54, 1.807) is 0 Å². The minimum Gasteiger partial charge on any atom is -0.296 e. The maximum Gasteiger partial charge on any atom is 0.175 e. The summed E-state index contributed by atoms with van der Waals surface area (Å²) in [7, 11) is 0. The molecule has 1 aromatic carbocycles. The molecule has 0 aromatic heterocycles. The van der Waals surface area contributed by atoms with Crippen LogP contribution in [0.2, 0.25) is 0 Å². The zero-order chi connectivity index (χ0) is 10.8. The van der Waals surface area contributed by atoms with Crippen LogP contribution in [0.4, 0.5) is 0 Å². The van der Waals surface area contributed by atoms with Crippen molar-refractivity contribution in [2.24, 2.45) is 9.98 Å². The summed E-state index contributed by atoms with van der Waals surface area (Å²) in [5.41, 5.74) is 1.24. The number of benzene rings is 1. The van der Waals surface area contributed by atoms with Gasteiger partial charge in [-0.05, 0) is 23.6 Å². The fourth-order valence-electron chi connectivity index (χ4n) is 1.56. The molecule has 0 saturated heterocycles. The first-order valence-corrected chi connectivity index (χ1v) is 5.17. The van der Waals surface area contributed by atoms with E-state index in [2.05, 4.69) is 29.9 Å². The molecule has 15 heavy (non-hydrogen) atoms. The third-order valence-electron chi connectivity index (χ3n) is 2.52. The summed E-state index contributed by atoms with van der Waals surface area (Å²) in [6.45, 7) is 4.80. The lowest BCUT2D eigenvalue weighted by atomic mass is 10.0. The van der Waals surface area contributed by atoms with Crippen molar-refractivity contribution in [2.45, 2.75) is 19.8 Å². The monoisotopic (exact) mass is 202 g/mol. The normalized spacial score (nSPS) is 15.3. The van der Waals surface area contributed by atoms with Crippen molar-refractivity contribution in [1.82, 2.24) is 0 Å². The van der Waals surface area contributed by atoms with E-state index in [1.165, 1.54) is 5.56 Å². The van der Waals surface area contributed by atoms with Gasteiger partial charge in [0, 0.05) is 0 Å². The Hall–Kier alpha value is -1.51. The maximum atomic E-state index is 11.2. The maximum absolute atomic E-state index is 11.2. The van der Waals surface area contributed by atoms with Crippen molar-refractivity contribution in [3.63, 3.8) is 0 Å². The molecule has 1 aliphatic rings. The molecule has 1 aliphatic heterocycles. The van der Waals surface area contributed by atoms with E-state index in [0.29, 0.717) is 5.92 Å². The second-order valence-corrected chi connectivity index (χ2v) is 4.07. The number of nitrogens with zero attached hydrogens (tertiary/aromatic N) is 2. The lowest BCUT2D eigenvalue weighted by molar-refractivity contribution is -0.116. The molecule has 1 aromatic rings. The smallest absolute Gasteiger partial charge is 0.175 e. The predicted octanol–water partition coefficient (Wildman–Crippen LogP) is 0.632. The van der Waals surface area contributed by atoms with Gasteiger partial charge in [0.05, 0.1) is 10.7 Å². The van der Waals surface area contributed by atoms with Crippen molar-refractivity contribution >= 4 is 5.78 Å². The quantitative estimate of drug-likeness (QED) is 0.658. The molecule has 0 spiro atoms. The molecular weight excluding hydrogens is 188 g/mol. The van der Waals surface area contributed by atoms with Gasteiger partial charge in [-0.1, -0.05) is 19.9 Å². The van der Waals surface area contributed by atoms with Crippen molar-refractivity contribution in [3.05, 3.63) is 34.5 Å². The summed E-state index contributed by atoms with van der Waals surface area (Å²) in [5.74, 6) is 0.557. The summed E-state index contributed by atoms with van der Waals surface area (Å²) >= 11 is 0. The summed E-state index contributed by atoms with van der Waals surface area (Å²) in [4.78, 5) is 19.7. The van der Waals surface area contributed by atoms with Crippen LogP contribution in [-0.2, 0) is 4.79 Å². The first kappa shape index (κ1) is 10.0. The Kier molecular flexibility index (Phi) is 2.62. The third-order valence-corrected chi connectivity index (χ3v) is 2.52. The number of carbonyl (C=O) groups excluding carboxylic acids is 1. The van der Waals surface area contributed by atoms with E-state index in [4.69, 9.17) is 0 Å². The third kappa shape index (κ3) is 2.12. The molecule has 0 N–H and O–H groups in total. The van der Waals surface area contributed by atoms with Crippen LogP contribution in [-0.4, -0.2) is 18.9 Å². The standard InChI is InChI=1S/C12H14N2O/c1-8(2)9-3-4-11-12(5-9)14-7-10(15)6-13-11/h3-5,8H,6-7H2,1-2H3. The molecule has 3 heteroatoms. The van der Waals surface area contributed by atoms with Crippen LogP contribution in [0.1, 0.15) is 25.3 Å². The van der Waals surface area contributed by atoms with Gasteiger partial charge in [0.25, 0.3) is 0 Å². The largest absolute Gasteiger partial charge is 0.296 e. The number of Topliss-reactive ketones (excluding diaryl/α,β-unsaturated/α-hetero) is 1. The molecule has 78 valence electrons. The van der Waals surface area contributed by atoms with Crippen LogP contribution in [0.3, 0.4) is 0 Å². The number of rotatable bonds is 1. The van der Waals surface area contributed by atoms with Crippen LogP contribution in [0.5, 0.6) is 0 Å². The molecule has 1 heterocycles. The number of ketones is 1. The molecule has 0 unspecified atom stereocenters. The molecule has 0 aliphatic carbocycles. The molecule has 0 atom stereocenters. The van der Waals surface area contributed by atoms with Gasteiger partial charge in [-0.15, -0.1) is 0 Å². The number of hydrogen-bond donors (Lipinski definition) is 0. The SMILES string of the molecule is CC(C)c1ccc2c(c1)=NCC(=O)CN=2. The highest BCUT2D eigenvalue weighted by Gasteiger charge is 2.04. The average molecular weight is 202 g/mol. The molecular formula is C12H14N2O. The fraction of sp³-hybridized carbons (Fsp3) is 0.417. The minimum absolute atomic E-state index is 0.0808. The summed E-state index contributed by atoms with van der Waals surface area (Å²) in [6, 6.07) is 6.03. The lowest BCUT2D eigenvalue weighted by Crippen LogP contribution is -2.25. The van der Waals surface area contributed by atoms with E-state index < -0.39 is 0 Å². The number of fused-ring (bicyclic) bond motifs is 1. The zero-order valence-corrected chi connectivity index (χ0v) is 9.03. The molecule has 3 nitrogen and oxygen atoms in total. The molecule has 0 radical (unpaired) electrons. The Morgan fingerprint density at radius 2 is 1.80 bits per heavy atom. The van der Waals surface area contributed by atoms with Gasteiger partial charge in [-0.2, -0.15) is 0 Å². The van der Waals surface area contributed by atoms with E-state index in [1.807, 2.05) is 12.1 Å². The predicted molar refractivity (Wildman–Crippen MR) is 57.6 cm³/mol. The molecule has 0 bridgehead atoms. The summed E-state index contributed by atoms with van der Waals surface area (Å²) < 4.78 is 0. The van der Waals surface area contributed by atoms with Gasteiger partial charge >= 0.3 is 0 Å². The topological polar surface area (TPSA) is 41.8 Å². The van der Waals surface area contributed by atoms with Crippen LogP contribution in [0.15, 0.2) is 28.2 Å². The van der Waals surface area contributed by atoms with Crippen LogP contribution >= 0.6 is 0 Å². The van der Waals surface area contributed by atoms with Gasteiger partial charge < -0.3 is 0 Å². The first-order chi connectivity index (χ1) is 7.16. The van der Waals surface area contributed by atoms with Crippen LogP contribution < -0.4 is 10.7 Å². The van der Waals surface area contributed by atoms with Gasteiger partial charge in [0.1, 0.15) is 13.1 Å². The van der Waals surface area contributed by atoms with E-state index in [-0.39, 0.29) is 18.9 Å². The molecule has 0 saturated carbocycles. The first-order valence-electron chi connectivity index (χ1n) is 5.17. The van der Waals surface area contributed by atoms with Crippen LogP contribution in [0, 0.1) is 0 Å². The Labute approximate surface area is 88.6 Å². The van der Waals surface area contributed by atoms with Gasteiger partial charge in [0.15, 0.2) is 5.78 Å². The average Bonchev–Trinajstić information content (AvgIpc) is 2.40. The van der Waals surface area contributed by atoms with Crippen molar-refractivity contribution in [3.8, 4) is 0 Å². The molecule has 0 fully saturated rings. The number of carbonyl (C=O) groups is 1. The minimum atomic E-state index is 0.0808. The second kappa shape index (κ2) is 3.93. The Morgan fingerprint density at radius 1 is 1.13 bits per heavy atom. The van der Waals surface area contributed by atoms with Crippen molar-refractivity contribution in [1.29, 1.82) is 0 Å². The highest BCUT2D eigenvalue weighted by atomic mass is 16.1.